The van der Waals surface area contributed by atoms with E-state index in [2.05, 4.69) is 50.2 Å². The van der Waals surface area contributed by atoms with E-state index in [1.165, 1.54) is 17.5 Å². The van der Waals surface area contributed by atoms with Crippen molar-refractivity contribution < 1.29 is 4.79 Å². The minimum Gasteiger partial charge on any atom is -0.364 e. The number of anilines is 3. The molecule has 0 spiro atoms. The van der Waals surface area contributed by atoms with E-state index >= 15 is 0 Å². The van der Waals surface area contributed by atoms with Gasteiger partial charge in [0.05, 0.1) is 6.20 Å². The van der Waals surface area contributed by atoms with E-state index in [-0.39, 0.29) is 5.69 Å². The van der Waals surface area contributed by atoms with Gasteiger partial charge in [0.15, 0.2) is 11.5 Å². The number of nitrogens with zero attached hydrogens (tertiary/aromatic N) is 5. The highest BCUT2D eigenvalue weighted by Crippen LogP contribution is 2.28. The van der Waals surface area contributed by atoms with Crippen molar-refractivity contribution in [3.63, 3.8) is 0 Å². The van der Waals surface area contributed by atoms with E-state index in [9.17, 15) is 4.79 Å². The summed E-state index contributed by atoms with van der Waals surface area (Å²) < 4.78 is 0. The van der Waals surface area contributed by atoms with Gasteiger partial charge in [-0.15, -0.1) is 0 Å². The number of primary amides is 1. The van der Waals surface area contributed by atoms with Gasteiger partial charge >= 0.3 is 0 Å². The van der Waals surface area contributed by atoms with Crippen LogP contribution in [0.15, 0.2) is 24.4 Å². The van der Waals surface area contributed by atoms with Crippen molar-refractivity contribution in [2.75, 3.05) is 50.0 Å². The first-order chi connectivity index (χ1) is 15.1. The molecule has 0 atom stereocenters. The first-order valence-corrected chi connectivity index (χ1v) is 11.3. The number of aromatic nitrogens is 2. The average Bonchev–Trinajstić information content (AvgIpc) is 2.77. The van der Waals surface area contributed by atoms with Crippen molar-refractivity contribution >= 4 is 23.2 Å². The number of amides is 1. The minimum atomic E-state index is -0.570. The van der Waals surface area contributed by atoms with Crippen LogP contribution < -0.4 is 16.0 Å². The Balaban J connectivity index is 1.35. The van der Waals surface area contributed by atoms with E-state index in [1.807, 2.05) is 0 Å². The highest BCUT2D eigenvalue weighted by atomic mass is 16.1. The van der Waals surface area contributed by atoms with E-state index in [1.54, 1.807) is 6.20 Å². The van der Waals surface area contributed by atoms with Crippen LogP contribution in [0, 0.1) is 0 Å². The fourth-order valence-corrected chi connectivity index (χ4v) is 4.92. The molecule has 8 heteroatoms. The molecule has 2 fully saturated rings. The summed E-state index contributed by atoms with van der Waals surface area (Å²) in [7, 11) is 2.18. The molecule has 1 aromatic carbocycles. The number of hydrogen-bond donors (Lipinski definition) is 2. The topological polar surface area (TPSA) is 90.6 Å². The highest BCUT2D eigenvalue weighted by Gasteiger charge is 2.31. The number of carbonyl (C=O) groups excluding carboxylic acids is 1. The molecule has 164 valence electrons. The molecule has 1 amide bonds. The lowest BCUT2D eigenvalue weighted by Crippen LogP contribution is -2.58. The van der Waals surface area contributed by atoms with Crippen molar-refractivity contribution in [2.45, 2.75) is 38.3 Å². The Morgan fingerprint density at radius 2 is 1.94 bits per heavy atom. The lowest BCUT2D eigenvalue weighted by molar-refractivity contribution is 0.0435. The Morgan fingerprint density at radius 3 is 2.68 bits per heavy atom. The zero-order valence-corrected chi connectivity index (χ0v) is 18.2. The summed E-state index contributed by atoms with van der Waals surface area (Å²) in [6, 6.07) is 7.12. The van der Waals surface area contributed by atoms with Gasteiger partial charge in [-0.1, -0.05) is 6.07 Å². The van der Waals surface area contributed by atoms with Crippen molar-refractivity contribution in [3.05, 3.63) is 41.2 Å². The number of rotatable bonds is 5. The first-order valence-electron chi connectivity index (χ1n) is 11.3. The number of carbonyl (C=O) groups is 1. The van der Waals surface area contributed by atoms with Gasteiger partial charge in [0, 0.05) is 51.0 Å². The SMILES string of the molecule is CN1CC(N2CCc3cc(Nc4nc(N5CCCCC5)cnc4C(N)=O)ccc3C2)C1. The maximum absolute atomic E-state index is 11.9. The number of nitrogens with one attached hydrogen (secondary N) is 1. The zero-order chi connectivity index (χ0) is 21.4. The number of fused-ring (bicyclic) bond motifs is 1. The molecule has 0 unspecified atom stereocenters. The molecule has 1 aromatic heterocycles. The summed E-state index contributed by atoms with van der Waals surface area (Å²) >= 11 is 0. The Kier molecular flexibility index (Phi) is 5.50. The predicted molar refractivity (Wildman–Crippen MR) is 122 cm³/mol. The van der Waals surface area contributed by atoms with Gasteiger partial charge < -0.3 is 20.9 Å². The van der Waals surface area contributed by atoms with Crippen LogP contribution >= 0.6 is 0 Å². The lowest BCUT2D eigenvalue weighted by atomic mass is 9.96. The molecule has 8 nitrogen and oxygen atoms in total. The minimum absolute atomic E-state index is 0.179. The predicted octanol–water partition coefficient (Wildman–Crippen LogP) is 1.98. The summed E-state index contributed by atoms with van der Waals surface area (Å²) in [6.45, 7) is 6.36. The van der Waals surface area contributed by atoms with Crippen LogP contribution in [-0.2, 0) is 13.0 Å². The molecule has 2 aromatic rings. The van der Waals surface area contributed by atoms with Crippen LogP contribution in [-0.4, -0.2) is 71.5 Å². The second kappa shape index (κ2) is 8.43. The van der Waals surface area contributed by atoms with E-state index in [0.29, 0.717) is 11.9 Å². The van der Waals surface area contributed by atoms with E-state index < -0.39 is 5.91 Å². The Morgan fingerprint density at radius 1 is 1.13 bits per heavy atom. The fourth-order valence-electron chi connectivity index (χ4n) is 4.92. The fraction of sp³-hybridized carbons (Fsp3) is 0.522. The van der Waals surface area contributed by atoms with E-state index in [4.69, 9.17) is 10.7 Å². The maximum atomic E-state index is 11.9. The molecular formula is C23H31N7O. The Labute approximate surface area is 183 Å². The van der Waals surface area contributed by atoms with Gasteiger partial charge in [-0.05, 0) is 56.0 Å². The van der Waals surface area contributed by atoms with Crippen molar-refractivity contribution in [1.82, 2.24) is 19.8 Å². The number of likely N-dealkylation sites (N-methyl/N-ethyl adjacent to an activating group) is 1. The molecule has 0 radical (unpaired) electrons. The summed E-state index contributed by atoms with van der Waals surface area (Å²) in [6.07, 6.45) is 6.25. The molecule has 2 saturated heterocycles. The second-order valence-electron chi connectivity index (χ2n) is 9.04. The van der Waals surface area contributed by atoms with Crippen molar-refractivity contribution in [2.24, 2.45) is 5.73 Å². The largest absolute Gasteiger partial charge is 0.364 e. The first kappa shape index (κ1) is 20.2. The maximum Gasteiger partial charge on any atom is 0.271 e. The van der Waals surface area contributed by atoms with Gasteiger partial charge in [0.2, 0.25) is 0 Å². The van der Waals surface area contributed by atoms with Crippen LogP contribution in [0.2, 0.25) is 0 Å². The molecule has 31 heavy (non-hydrogen) atoms. The average molecular weight is 422 g/mol. The Bertz CT molecular complexity index is 966. The molecule has 3 N–H and O–H groups in total. The number of piperidine rings is 1. The lowest BCUT2D eigenvalue weighted by Gasteiger charge is -2.45. The van der Waals surface area contributed by atoms with E-state index in [0.717, 1.165) is 70.0 Å². The smallest absolute Gasteiger partial charge is 0.271 e. The third kappa shape index (κ3) is 4.22. The summed E-state index contributed by atoms with van der Waals surface area (Å²) in [4.78, 5) is 28.2. The summed E-state index contributed by atoms with van der Waals surface area (Å²) in [5, 5.41) is 3.32. The van der Waals surface area contributed by atoms with Gasteiger partial charge in [0.25, 0.3) is 5.91 Å². The highest BCUT2D eigenvalue weighted by molar-refractivity contribution is 5.96. The molecule has 5 rings (SSSR count). The van der Waals surface area contributed by atoms with Crippen LogP contribution in [0.4, 0.5) is 17.3 Å². The van der Waals surface area contributed by atoms with Gasteiger partial charge in [-0.25, -0.2) is 9.97 Å². The number of benzene rings is 1. The van der Waals surface area contributed by atoms with Crippen molar-refractivity contribution in [3.8, 4) is 0 Å². The molecule has 0 bridgehead atoms. The molecule has 3 aliphatic heterocycles. The third-order valence-electron chi connectivity index (χ3n) is 6.75. The summed E-state index contributed by atoms with van der Waals surface area (Å²) in [5.41, 5.74) is 9.41. The van der Waals surface area contributed by atoms with Gasteiger partial charge in [0.1, 0.15) is 5.82 Å². The quantitative estimate of drug-likeness (QED) is 0.763. The molecule has 0 aliphatic carbocycles. The van der Waals surface area contributed by atoms with Gasteiger partial charge in [-0.2, -0.15) is 0 Å². The molecule has 0 saturated carbocycles. The van der Waals surface area contributed by atoms with Crippen LogP contribution in [0.5, 0.6) is 0 Å². The van der Waals surface area contributed by atoms with Crippen LogP contribution in [0.3, 0.4) is 0 Å². The second-order valence-corrected chi connectivity index (χ2v) is 9.04. The van der Waals surface area contributed by atoms with Crippen LogP contribution in [0.1, 0.15) is 40.9 Å². The normalized spacial score (nSPS) is 20.2. The zero-order valence-electron chi connectivity index (χ0n) is 18.2. The molecule has 4 heterocycles. The third-order valence-corrected chi connectivity index (χ3v) is 6.75. The Hall–Kier alpha value is -2.71. The molecular weight excluding hydrogens is 390 g/mol. The summed E-state index contributed by atoms with van der Waals surface area (Å²) in [5.74, 6) is 0.663. The monoisotopic (exact) mass is 421 g/mol. The molecule has 3 aliphatic rings. The standard InChI is InChI=1S/C23H31N7O/c1-28-14-19(15-28)30-10-7-16-11-18(6-5-17(16)13-30)26-23-21(22(24)31)25-12-20(27-23)29-8-3-2-4-9-29/h5-6,11-12,19H,2-4,7-10,13-15H2,1H3,(H2,24,31)(H,26,27). The number of nitrogens with two attached hydrogens (primary N) is 1. The van der Waals surface area contributed by atoms with Gasteiger partial charge in [-0.3, -0.25) is 9.69 Å². The number of likely N-dealkylation sites (tertiary alicyclic amines) is 1. The number of hydrogen-bond acceptors (Lipinski definition) is 7. The van der Waals surface area contributed by atoms with Crippen LogP contribution in [0.25, 0.3) is 0 Å². The van der Waals surface area contributed by atoms with Crippen molar-refractivity contribution in [1.29, 1.82) is 0 Å².